The molecule has 1 fully saturated rings. The van der Waals surface area contributed by atoms with Crippen molar-refractivity contribution in [2.75, 3.05) is 81.4 Å². The normalized spacial score (nSPS) is 19.4. The van der Waals surface area contributed by atoms with Gasteiger partial charge in [0, 0.05) is 58.8 Å². The fraction of sp³-hybridized carbons (Fsp3) is 0.429. The maximum absolute atomic E-state index is 13.7. The standard InChI is InChI=1S/C35H40Cl2FN5O5/c1-41(2)27-15-29-25(13-23(27)36)39-18-31(47-29)33(44)43-11-9-35(10-12-43,17-21-5-7-22(38)8-6-21)20-46-34(45)32-19-40-26-14-24(37)28(42(3)4)16-30(26)48-32/h5-8,13-16,31-32,39-40H,9-12,17-20H2,1-4H3. The average Bonchev–Trinajstić information content (AvgIpc) is 3.07. The van der Waals surface area contributed by atoms with Crippen LogP contribution >= 0.6 is 23.2 Å². The molecule has 2 unspecified atom stereocenters. The number of likely N-dealkylation sites (tertiary alicyclic amines) is 1. The number of anilines is 4. The highest BCUT2D eigenvalue weighted by Crippen LogP contribution is 2.41. The summed E-state index contributed by atoms with van der Waals surface area (Å²) in [6.07, 6.45) is 0.177. The molecule has 1 amide bonds. The van der Waals surface area contributed by atoms with E-state index in [1.165, 1.54) is 12.1 Å². The van der Waals surface area contributed by atoms with Crippen LogP contribution in [0.4, 0.5) is 27.1 Å². The molecule has 3 aliphatic rings. The number of piperidine rings is 1. The third-order valence-corrected chi connectivity index (χ3v) is 9.85. The van der Waals surface area contributed by atoms with Crippen LogP contribution in [0.5, 0.6) is 11.5 Å². The van der Waals surface area contributed by atoms with E-state index in [4.69, 9.17) is 37.4 Å². The zero-order valence-electron chi connectivity index (χ0n) is 27.4. The molecule has 3 aliphatic heterocycles. The minimum atomic E-state index is -0.847. The summed E-state index contributed by atoms with van der Waals surface area (Å²) in [5.74, 6) is 0.185. The summed E-state index contributed by atoms with van der Waals surface area (Å²) in [7, 11) is 7.55. The van der Waals surface area contributed by atoms with Crippen LogP contribution in [0.3, 0.4) is 0 Å². The van der Waals surface area contributed by atoms with Crippen molar-refractivity contribution in [2.45, 2.75) is 31.5 Å². The van der Waals surface area contributed by atoms with Crippen LogP contribution in [0.1, 0.15) is 18.4 Å². The van der Waals surface area contributed by atoms with E-state index in [2.05, 4.69) is 10.6 Å². The molecule has 10 nitrogen and oxygen atoms in total. The quantitative estimate of drug-likeness (QED) is 0.287. The van der Waals surface area contributed by atoms with E-state index in [1.807, 2.05) is 55.0 Å². The second-order valence-corrected chi connectivity index (χ2v) is 13.9. The lowest BCUT2D eigenvalue weighted by Crippen LogP contribution is -2.52. The number of hydrogen-bond donors (Lipinski definition) is 2. The summed E-state index contributed by atoms with van der Waals surface area (Å²) in [5.41, 5.74) is 3.48. The number of hydrogen-bond acceptors (Lipinski definition) is 9. The summed E-state index contributed by atoms with van der Waals surface area (Å²) >= 11 is 12.8. The summed E-state index contributed by atoms with van der Waals surface area (Å²) < 4.78 is 31.9. The van der Waals surface area contributed by atoms with E-state index < -0.39 is 23.6 Å². The van der Waals surface area contributed by atoms with Gasteiger partial charge in [0.05, 0.1) is 52.5 Å². The van der Waals surface area contributed by atoms with E-state index in [-0.39, 0.29) is 24.9 Å². The van der Waals surface area contributed by atoms with Gasteiger partial charge in [-0.05, 0) is 49.1 Å². The van der Waals surface area contributed by atoms with Crippen molar-refractivity contribution >= 4 is 57.8 Å². The van der Waals surface area contributed by atoms with E-state index in [9.17, 15) is 14.0 Å². The second-order valence-electron chi connectivity index (χ2n) is 13.1. The van der Waals surface area contributed by atoms with Crippen LogP contribution in [-0.2, 0) is 20.7 Å². The Labute approximate surface area is 290 Å². The van der Waals surface area contributed by atoms with Gasteiger partial charge in [-0.3, -0.25) is 4.79 Å². The Hall–Kier alpha value is -4.09. The Kier molecular flexibility index (Phi) is 9.71. The van der Waals surface area contributed by atoms with E-state index in [0.29, 0.717) is 66.1 Å². The molecule has 3 heterocycles. The van der Waals surface area contributed by atoms with Gasteiger partial charge in [-0.1, -0.05) is 35.3 Å². The first-order valence-electron chi connectivity index (χ1n) is 15.9. The van der Waals surface area contributed by atoms with Gasteiger partial charge in [0.25, 0.3) is 5.91 Å². The number of esters is 1. The number of carbonyl (C=O) groups excluding carboxylic acids is 2. The summed E-state index contributed by atoms with van der Waals surface area (Å²) in [5, 5.41) is 7.67. The molecule has 1 saturated heterocycles. The molecule has 0 radical (unpaired) electrons. The lowest BCUT2D eigenvalue weighted by atomic mass is 9.74. The van der Waals surface area contributed by atoms with Crippen molar-refractivity contribution in [2.24, 2.45) is 5.41 Å². The van der Waals surface area contributed by atoms with Gasteiger partial charge in [-0.15, -0.1) is 0 Å². The molecule has 0 saturated carbocycles. The average molecular weight is 701 g/mol. The Balaban J connectivity index is 1.12. The molecule has 2 atom stereocenters. The molecule has 256 valence electrons. The molecule has 48 heavy (non-hydrogen) atoms. The van der Waals surface area contributed by atoms with Crippen molar-refractivity contribution < 1.29 is 28.2 Å². The lowest BCUT2D eigenvalue weighted by Gasteiger charge is -2.43. The van der Waals surface area contributed by atoms with Crippen LogP contribution in [-0.4, -0.2) is 90.0 Å². The van der Waals surface area contributed by atoms with Crippen molar-refractivity contribution in [1.82, 2.24) is 4.90 Å². The van der Waals surface area contributed by atoms with Crippen molar-refractivity contribution in [3.05, 3.63) is 70.0 Å². The first kappa shape index (κ1) is 33.8. The van der Waals surface area contributed by atoms with Crippen molar-refractivity contribution in [3.8, 4) is 11.5 Å². The molecule has 2 N–H and O–H groups in total. The highest BCUT2D eigenvalue weighted by atomic mass is 35.5. The predicted molar refractivity (Wildman–Crippen MR) is 187 cm³/mol. The van der Waals surface area contributed by atoms with Crippen LogP contribution in [0.25, 0.3) is 0 Å². The summed E-state index contributed by atoms with van der Waals surface area (Å²) in [6.45, 7) is 1.59. The lowest BCUT2D eigenvalue weighted by molar-refractivity contribution is -0.157. The predicted octanol–water partition coefficient (Wildman–Crippen LogP) is 5.71. The van der Waals surface area contributed by atoms with Gasteiger partial charge < -0.3 is 39.5 Å². The summed E-state index contributed by atoms with van der Waals surface area (Å²) in [4.78, 5) is 32.6. The molecule has 0 spiro atoms. The van der Waals surface area contributed by atoms with E-state index in [1.54, 1.807) is 24.3 Å². The van der Waals surface area contributed by atoms with Crippen LogP contribution in [0, 0.1) is 11.2 Å². The number of rotatable bonds is 8. The zero-order valence-corrected chi connectivity index (χ0v) is 29.0. The van der Waals surface area contributed by atoms with Gasteiger partial charge in [-0.2, -0.15) is 0 Å². The van der Waals surface area contributed by atoms with Gasteiger partial charge >= 0.3 is 5.97 Å². The van der Waals surface area contributed by atoms with Crippen molar-refractivity contribution in [1.29, 1.82) is 0 Å². The number of benzene rings is 3. The molecular weight excluding hydrogens is 660 g/mol. The minimum Gasteiger partial charge on any atom is -0.476 e. The molecule has 3 aromatic rings. The Bertz CT molecular complexity index is 1680. The van der Waals surface area contributed by atoms with Gasteiger partial charge in [0.2, 0.25) is 6.10 Å². The topological polar surface area (TPSA) is 95.6 Å². The summed E-state index contributed by atoms with van der Waals surface area (Å²) in [6, 6.07) is 13.6. The minimum absolute atomic E-state index is 0.112. The molecule has 0 aromatic heterocycles. The Morgan fingerprint density at radius 1 is 0.875 bits per heavy atom. The van der Waals surface area contributed by atoms with Gasteiger partial charge in [0.1, 0.15) is 17.3 Å². The van der Waals surface area contributed by atoms with Crippen molar-refractivity contribution in [3.63, 3.8) is 0 Å². The number of halogens is 3. The number of fused-ring (bicyclic) bond motifs is 2. The molecule has 6 rings (SSSR count). The van der Waals surface area contributed by atoms with Crippen LogP contribution < -0.4 is 29.9 Å². The number of ether oxygens (including phenoxy) is 3. The smallest absolute Gasteiger partial charge is 0.349 e. The number of nitrogens with one attached hydrogen (secondary N) is 2. The monoisotopic (exact) mass is 699 g/mol. The van der Waals surface area contributed by atoms with Gasteiger partial charge in [0.15, 0.2) is 6.10 Å². The van der Waals surface area contributed by atoms with Gasteiger partial charge in [-0.25, -0.2) is 9.18 Å². The third-order valence-electron chi connectivity index (χ3n) is 9.24. The van der Waals surface area contributed by atoms with E-state index >= 15 is 0 Å². The molecule has 0 aliphatic carbocycles. The molecule has 0 bridgehead atoms. The number of amides is 1. The first-order valence-corrected chi connectivity index (χ1v) is 16.7. The number of nitrogens with zero attached hydrogens (tertiary/aromatic N) is 3. The molecule has 13 heteroatoms. The number of carbonyl (C=O) groups is 2. The SMILES string of the molecule is CN(C)c1cc2c(cc1Cl)NCC(C(=O)OCC1(Cc3ccc(F)cc3)CCN(C(=O)C3CNc4cc(Cl)c(N(C)C)cc4O3)CC1)O2. The Morgan fingerprint density at radius 3 is 1.94 bits per heavy atom. The molecular formula is C35H40Cl2FN5O5. The highest BCUT2D eigenvalue weighted by Gasteiger charge is 2.41. The maximum atomic E-state index is 13.7. The largest absolute Gasteiger partial charge is 0.476 e. The Morgan fingerprint density at radius 2 is 1.40 bits per heavy atom. The van der Waals surface area contributed by atoms with E-state index in [0.717, 1.165) is 22.6 Å². The zero-order chi connectivity index (χ0) is 34.2. The fourth-order valence-corrected chi connectivity index (χ4v) is 7.10. The van der Waals surface area contributed by atoms with Crippen LogP contribution in [0.15, 0.2) is 48.5 Å². The first-order chi connectivity index (χ1) is 22.9. The molecule has 3 aromatic carbocycles. The van der Waals surface area contributed by atoms with Crippen LogP contribution in [0.2, 0.25) is 10.0 Å². The fourth-order valence-electron chi connectivity index (χ4n) is 6.44. The highest BCUT2D eigenvalue weighted by molar-refractivity contribution is 6.34. The third kappa shape index (κ3) is 7.17. The maximum Gasteiger partial charge on any atom is 0.349 e. The second kappa shape index (κ2) is 13.8.